The maximum absolute atomic E-state index is 5.19. The van der Waals surface area contributed by atoms with E-state index in [0.29, 0.717) is 0 Å². The van der Waals surface area contributed by atoms with Crippen molar-refractivity contribution in [3.8, 4) is 0 Å². The van der Waals surface area contributed by atoms with Crippen molar-refractivity contribution in [2.45, 2.75) is 13.0 Å². The Bertz CT molecular complexity index is 186. The molecule has 0 aromatic carbocycles. The summed E-state index contributed by atoms with van der Waals surface area (Å²) in [5, 5.41) is 0. The smallest absolute Gasteiger partial charge is 0.180 e. The second kappa shape index (κ2) is 4.10. The Labute approximate surface area is 65.1 Å². The average molecular weight is 157 g/mol. The molecule has 0 aliphatic heterocycles. The number of rotatable bonds is 4. The molecule has 4 heteroatoms. The predicted molar refractivity (Wildman–Crippen MR) is 37.9 cm³/mol. The van der Waals surface area contributed by atoms with Gasteiger partial charge in [-0.25, -0.2) is 4.98 Å². The van der Waals surface area contributed by atoms with Gasteiger partial charge in [0, 0.05) is 7.11 Å². The second-order valence-electron chi connectivity index (χ2n) is 2.13. The molecule has 0 amide bonds. The maximum atomic E-state index is 5.19. The topological polar surface area (TPSA) is 44.5 Å². The van der Waals surface area contributed by atoms with Crippen LogP contribution in [-0.2, 0) is 9.47 Å². The summed E-state index contributed by atoms with van der Waals surface area (Å²) in [7, 11) is 1.58. The van der Waals surface area contributed by atoms with E-state index in [2.05, 4.69) is 4.98 Å². The SMILES string of the molecule is COCO[C@@H](C)c1cocn1. The molecule has 0 fully saturated rings. The highest BCUT2D eigenvalue weighted by atomic mass is 16.7. The first-order valence-electron chi connectivity index (χ1n) is 3.33. The zero-order valence-corrected chi connectivity index (χ0v) is 6.61. The zero-order chi connectivity index (χ0) is 8.10. The summed E-state index contributed by atoms with van der Waals surface area (Å²) in [5.74, 6) is 0. The van der Waals surface area contributed by atoms with E-state index in [1.54, 1.807) is 13.4 Å². The van der Waals surface area contributed by atoms with Crippen LogP contribution in [0.1, 0.15) is 18.7 Å². The van der Waals surface area contributed by atoms with Crippen LogP contribution < -0.4 is 0 Å². The van der Waals surface area contributed by atoms with E-state index in [-0.39, 0.29) is 12.9 Å². The molecule has 0 saturated heterocycles. The van der Waals surface area contributed by atoms with Gasteiger partial charge in [0.25, 0.3) is 0 Å². The quantitative estimate of drug-likeness (QED) is 0.619. The van der Waals surface area contributed by atoms with Gasteiger partial charge in [0.05, 0.1) is 0 Å². The monoisotopic (exact) mass is 157 g/mol. The van der Waals surface area contributed by atoms with Gasteiger partial charge in [0.15, 0.2) is 6.39 Å². The minimum Gasteiger partial charge on any atom is -0.451 e. The molecule has 1 aromatic rings. The van der Waals surface area contributed by atoms with E-state index in [9.17, 15) is 0 Å². The first kappa shape index (κ1) is 8.23. The fourth-order valence-electron chi connectivity index (χ4n) is 0.678. The lowest BCUT2D eigenvalue weighted by molar-refractivity contribution is -0.0679. The Morgan fingerprint density at radius 1 is 1.73 bits per heavy atom. The molecule has 0 saturated carbocycles. The maximum Gasteiger partial charge on any atom is 0.180 e. The van der Waals surface area contributed by atoms with Crippen LogP contribution in [0.15, 0.2) is 17.1 Å². The van der Waals surface area contributed by atoms with Gasteiger partial charge < -0.3 is 13.9 Å². The van der Waals surface area contributed by atoms with E-state index in [0.717, 1.165) is 5.69 Å². The fraction of sp³-hybridized carbons (Fsp3) is 0.571. The third-order valence-electron chi connectivity index (χ3n) is 1.30. The number of ether oxygens (including phenoxy) is 2. The van der Waals surface area contributed by atoms with Crippen molar-refractivity contribution in [1.29, 1.82) is 0 Å². The van der Waals surface area contributed by atoms with Gasteiger partial charge in [-0.15, -0.1) is 0 Å². The summed E-state index contributed by atoms with van der Waals surface area (Å²) in [4.78, 5) is 3.92. The Kier molecular flexibility index (Phi) is 3.07. The van der Waals surface area contributed by atoms with E-state index in [4.69, 9.17) is 13.9 Å². The van der Waals surface area contributed by atoms with Crippen molar-refractivity contribution < 1.29 is 13.9 Å². The van der Waals surface area contributed by atoms with Crippen LogP contribution in [0.25, 0.3) is 0 Å². The molecule has 0 unspecified atom stereocenters. The summed E-state index contributed by atoms with van der Waals surface area (Å²) >= 11 is 0. The number of hydrogen-bond donors (Lipinski definition) is 0. The lowest BCUT2D eigenvalue weighted by Crippen LogP contribution is -2.02. The van der Waals surface area contributed by atoms with Gasteiger partial charge in [0.2, 0.25) is 0 Å². The Morgan fingerprint density at radius 3 is 3.09 bits per heavy atom. The number of oxazole rings is 1. The van der Waals surface area contributed by atoms with Gasteiger partial charge >= 0.3 is 0 Å². The molecular weight excluding hydrogens is 146 g/mol. The van der Waals surface area contributed by atoms with Crippen LogP contribution in [0, 0.1) is 0 Å². The summed E-state index contributed by atoms with van der Waals surface area (Å²) in [6, 6.07) is 0. The van der Waals surface area contributed by atoms with Gasteiger partial charge in [0.1, 0.15) is 24.9 Å². The van der Waals surface area contributed by atoms with Crippen LogP contribution in [0.2, 0.25) is 0 Å². The minimum atomic E-state index is -0.0753. The molecule has 11 heavy (non-hydrogen) atoms. The van der Waals surface area contributed by atoms with Gasteiger partial charge in [-0.05, 0) is 6.92 Å². The molecule has 0 bridgehead atoms. The lowest BCUT2D eigenvalue weighted by Gasteiger charge is -2.07. The van der Waals surface area contributed by atoms with Crippen LogP contribution in [0.3, 0.4) is 0 Å². The highest BCUT2D eigenvalue weighted by Gasteiger charge is 2.07. The molecule has 0 aliphatic carbocycles. The lowest BCUT2D eigenvalue weighted by atomic mass is 10.3. The van der Waals surface area contributed by atoms with Crippen LogP contribution in [-0.4, -0.2) is 18.9 Å². The highest BCUT2D eigenvalue weighted by molar-refractivity contribution is 4.94. The van der Waals surface area contributed by atoms with Crippen molar-refractivity contribution in [3.63, 3.8) is 0 Å². The number of nitrogens with zero attached hydrogens (tertiary/aromatic N) is 1. The van der Waals surface area contributed by atoms with Gasteiger partial charge in [-0.1, -0.05) is 0 Å². The third kappa shape index (κ3) is 2.32. The van der Waals surface area contributed by atoms with Crippen molar-refractivity contribution >= 4 is 0 Å². The molecule has 4 nitrogen and oxygen atoms in total. The van der Waals surface area contributed by atoms with Gasteiger partial charge in [-0.2, -0.15) is 0 Å². The molecule has 1 aromatic heterocycles. The molecule has 1 rings (SSSR count). The van der Waals surface area contributed by atoms with E-state index in [1.807, 2.05) is 6.92 Å². The molecule has 0 aliphatic rings. The van der Waals surface area contributed by atoms with Crippen molar-refractivity contribution in [2.24, 2.45) is 0 Å². The summed E-state index contributed by atoms with van der Waals surface area (Å²) < 4.78 is 14.7. The second-order valence-corrected chi connectivity index (χ2v) is 2.13. The van der Waals surface area contributed by atoms with Crippen LogP contribution in [0.4, 0.5) is 0 Å². The highest BCUT2D eigenvalue weighted by Crippen LogP contribution is 2.12. The zero-order valence-electron chi connectivity index (χ0n) is 6.61. The van der Waals surface area contributed by atoms with E-state index < -0.39 is 0 Å². The Hall–Kier alpha value is -0.870. The number of aromatic nitrogens is 1. The molecule has 0 radical (unpaired) electrons. The van der Waals surface area contributed by atoms with Crippen molar-refractivity contribution in [2.75, 3.05) is 13.9 Å². The summed E-state index contributed by atoms with van der Waals surface area (Å²) in [6.07, 6.45) is 2.86. The van der Waals surface area contributed by atoms with Crippen molar-refractivity contribution in [1.82, 2.24) is 4.98 Å². The molecule has 1 atom stereocenters. The van der Waals surface area contributed by atoms with Crippen LogP contribution in [0.5, 0.6) is 0 Å². The molecular formula is C7H11NO3. The normalized spacial score (nSPS) is 13.3. The first-order valence-corrected chi connectivity index (χ1v) is 3.33. The molecule has 0 N–H and O–H groups in total. The van der Waals surface area contributed by atoms with Crippen molar-refractivity contribution in [3.05, 3.63) is 18.4 Å². The largest absolute Gasteiger partial charge is 0.451 e. The summed E-state index contributed by atoms with van der Waals surface area (Å²) in [6.45, 7) is 2.16. The van der Waals surface area contributed by atoms with E-state index >= 15 is 0 Å². The Morgan fingerprint density at radius 2 is 2.55 bits per heavy atom. The average Bonchev–Trinajstić information content (AvgIpc) is 2.52. The fourth-order valence-corrected chi connectivity index (χ4v) is 0.678. The number of hydrogen-bond acceptors (Lipinski definition) is 4. The number of methoxy groups -OCH3 is 1. The Balaban J connectivity index is 2.36. The molecule has 0 spiro atoms. The summed E-state index contributed by atoms with van der Waals surface area (Å²) in [5.41, 5.74) is 0.780. The van der Waals surface area contributed by atoms with Crippen LogP contribution >= 0.6 is 0 Å². The molecule has 1 heterocycles. The van der Waals surface area contributed by atoms with E-state index in [1.165, 1.54) is 6.39 Å². The molecule has 62 valence electrons. The first-order chi connectivity index (χ1) is 5.34. The van der Waals surface area contributed by atoms with Gasteiger partial charge in [-0.3, -0.25) is 0 Å². The standard InChI is InChI=1S/C7H11NO3/c1-6(11-5-9-2)7-3-10-4-8-7/h3-4,6H,5H2,1-2H3/t6-/m0/s1. The minimum absolute atomic E-state index is 0.0753. The third-order valence-corrected chi connectivity index (χ3v) is 1.30. The predicted octanol–water partition coefficient (Wildman–Crippen LogP) is 1.36.